The van der Waals surface area contributed by atoms with E-state index in [0.717, 1.165) is 18.4 Å². The summed E-state index contributed by atoms with van der Waals surface area (Å²) in [5.74, 6) is -1.77. The fourth-order valence-corrected chi connectivity index (χ4v) is 4.46. The van der Waals surface area contributed by atoms with Gasteiger partial charge in [0.1, 0.15) is 5.70 Å². The smallest absolute Gasteiger partial charge is 0.352 e. The second-order valence-electron chi connectivity index (χ2n) is 7.92. The Hall–Kier alpha value is -3.14. The van der Waals surface area contributed by atoms with Crippen LogP contribution in [-0.4, -0.2) is 55.8 Å². The highest BCUT2D eigenvalue weighted by Gasteiger charge is 2.27. The average molecular weight is 478 g/mol. The molecule has 33 heavy (non-hydrogen) atoms. The van der Waals surface area contributed by atoms with Crippen molar-refractivity contribution < 1.29 is 27.9 Å². The van der Waals surface area contributed by atoms with Gasteiger partial charge in [0, 0.05) is 32.1 Å². The zero-order valence-corrected chi connectivity index (χ0v) is 19.9. The van der Waals surface area contributed by atoms with Gasteiger partial charge in [-0.15, -0.1) is 0 Å². The van der Waals surface area contributed by atoms with Crippen molar-refractivity contribution in [3.05, 3.63) is 53.3 Å². The molecule has 1 aliphatic rings. The molecule has 0 unspecified atom stereocenters. The number of carboxylic acid groups (broad SMARTS) is 1. The van der Waals surface area contributed by atoms with E-state index in [4.69, 9.17) is 0 Å². The first kappa shape index (κ1) is 26.1. The van der Waals surface area contributed by atoms with E-state index in [1.165, 1.54) is 31.2 Å². The molecule has 2 rings (SSSR count). The molecule has 9 nitrogen and oxygen atoms in total. The van der Waals surface area contributed by atoms with E-state index in [0.29, 0.717) is 19.5 Å². The number of benzene rings is 1. The maximum atomic E-state index is 12.7. The second kappa shape index (κ2) is 11.6. The maximum Gasteiger partial charge on any atom is 0.352 e. The van der Waals surface area contributed by atoms with Gasteiger partial charge in [0.15, 0.2) is 0 Å². The largest absolute Gasteiger partial charge is 0.477 e. The van der Waals surface area contributed by atoms with Crippen LogP contribution >= 0.6 is 0 Å². The van der Waals surface area contributed by atoms with E-state index in [2.05, 4.69) is 10.0 Å². The Morgan fingerprint density at radius 2 is 1.73 bits per heavy atom. The summed E-state index contributed by atoms with van der Waals surface area (Å²) in [5.41, 5.74) is 1.09. The first-order chi connectivity index (χ1) is 15.6. The van der Waals surface area contributed by atoms with Crippen LogP contribution in [0.3, 0.4) is 0 Å². The molecule has 1 heterocycles. The number of carbonyl (C=O) groups excluding carboxylic acids is 2. The molecule has 0 bridgehead atoms. The Morgan fingerprint density at radius 3 is 2.27 bits per heavy atom. The third-order valence-electron chi connectivity index (χ3n) is 5.54. The molecule has 0 saturated heterocycles. The van der Waals surface area contributed by atoms with Crippen molar-refractivity contribution in [2.75, 3.05) is 19.6 Å². The van der Waals surface area contributed by atoms with Crippen LogP contribution in [0.5, 0.6) is 0 Å². The van der Waals surface area contributed by atoms with Gasteiger partial charge in [0.25, 0.3) is 15.9 Å². The van der Waals surface area contributed by atoms with Crippen molar-refractivity contribution in [1.29, 1.82) is 0 Å². The number of hydrogen-bond donors (Lipinski definition) is 3. The van der Waals surface area contributed by atoms with Crippen LogP contribution in [-0.2, 0) is 30.8 Å². The molecule has 10 heteroatoms. The number of nitrogens with one attached hydrogen (secondary N) is 2. The Labute approximate surface area is 194 Å². The summed E-state index contributed by atoms with van der Waals surface area (Å²) in [6.07, 6.45) is 4.95. The number of aliphatic carboxylic acids is 1. The number of carbonyl (C=O) groups is 3. The Bertz CT molecular complexity index is 1040. The van der Waals surface area contributed by atoms with Crippen molar-refractivity contribution in [3.8, 4) is 0 Å². The number of rotatable bonds is 11. The quantitative estimate of drug-likeness (QED) is 0.443. The molecule has 2 amide bonds. The lowest BCUT2D eigenvalue weighted by Crippen LogP contribution is -2.40. The minimum atomic E-state index is -4.10. The van der Waals surface area contributed by atoms with Gasteiger partial charge in [-0.1, -0.05) is 38.8 Å². The van der Waals surface area contributed by atoms with E-state index in [9.17, 15) is 27.9 Å². The van der Waals surface area contributed by atoms with Gasteiger partial charge < -0.3 is 15.3 Å². The highest BCUT2D eigenvalue weighted by Crippen LogP contribution is 2.21. The standard InChI is InChI=1S/C23H31N3O6S/c1-4-17(5-2)14-26-15-19(8-11-21(26)23(29)30)22(28)25-33(31,32)20-9-6-18(7-10-20)12-13-24-16(3)27/h6-11,17H,4-5,12-15H2,1-3H3,(H,24,27)(H,25,28)(H,29,30). The third kappa shape index (κ3) is 7.45. The van der Waals surface area contributed by atoms with Crippen molar-refractivity contribution in [1.82, 2.24) is 14.9 Å². The molecule has 180 valence electrons. The van der Waals surface area contributed by atoms with E-state index in [-0.39, 0.29) is 34.5 Å². The first-order valence-corrected chi connectivity index (χ1v) is 12.3. The summed E-state index contributed by atoms with van der Waals surface area (Å²) in [6.45, 7) is 6.36. The summed E-state index contributed by atoms with van der Waals surface area (Å²) in [5, 5.41) is 12.1. The first-order valence-electron chi connectivity index (χ1n) is 10.9. The zero-order chi connectivity index (χ0) is 24.6. The predicted molar refractivity (Wildman–Crippen MR) is 124 cm³/mol. The maximum absolute atomic E-state index is 12.7. The fourth-order valence-electron chi connectivity index (χ4n) is 3.47. The van der Waals surface area contributed by atoms with E-state index >= 15 is 0 Å². The molecule has 1 aliphatic heterocycles. The molecule has 0 saturated carbocycles. The summed E-state index contributed by atoms with van der Waals surface area (Å²) >= 11 is 0. The van der Waals surface area contributed by atoms with Gasteiger partial charge in [0.05, 0.1) is 4.90 Å². The number of allylic oxidation sites excluding steroid dienone is 2. The van der Waals surface area contributed by atoms with Crippen LogP contribution in [0.15, 0.2) is 52.6 Å². The van der Waals surface area contributed by atoms with Crippen molar-refractivity contribution in [2.45, 2.75) is 44.9 Å². The molecule has 1 aromatic carbocycles. The van der Waals surface area contributed by atoms with Crippen molar-refractivity contribution in [3.63, 3.8) is 0 Å². The van der Waals surface area contributed by atoms with Crippen LogP contribution in [0.4, 0.5) is 0 Å². The second-order valence-corrected chi connectivity index (χ2v) is 9.61. The molecule has 0 spiro atoms. The number of sulfonamides is 1. The average Bonchev–Trinajstić information content (AvgIpc) is 2.77. The highest BCUT2D eigenvalue weighted by molar-refractivity contribution is 7.90. The van der Waals surface area contributed by atoms with Gasteiger partial charge in [-0.05, 0) is 42.2 Å². The lowest BCUT2D eigenvalue weighted by Gasteiger charge is -2.31. The fraction of sp³-hybridized carbons (Fsp3) is 0.435. The normalized spacial score (nSPS) is 13.9. The lowest BCUT2D eigenvalue weighted by atomic mass is 10.0. The van der Waals surface area contributed by atoms with E-state index in [1.54, 1.807) is 17.0 Å². The number of amides is 2. The summed E-state index contributed by atoms with van der Waals surface area (Å²) in [6, 6.07) is 6.05. The van der Waals surface area contributed by atoms with Crippen molar-refractivity contribution in [2.24, 2.45) is 5.92 Å². The third-order valence-corrected chi connectivity index (χ3v) is 6.88. The molecule has 3 N–H and O–H groups in total. The Balaban J connectivity index is 2.10. The zero-order valence-electron chi connectivity index (χ0n) is 19.1. The Kier molecular flexibility index (Phi) is 9.22. The van der Waals surface area contributed by atoms with E-state index < -0.39 is 21.9 Å². The van der Waals surface area contributed by atoms with Crippen LogP contribution in [0.25, 0.3) is 0 Å². The van der Waals surface area contributed by atoms with Crippen LogP contribution in [0, 0.1) is 5.92 Å². The highest BCUT2D eigenvalue weighted by atomic mass is 32.2. The van der Waals surface area contributed by atoms with Gasteiger partial charge in [0.2, 0.25) is 5.91 Å². The predicted octanol–water partition coefficient (Wildman–Crippen LogP) is 1.82. The SMILES string of the molecule is CCC(CC)CN1CC(C(=O)NS(=O)(=O)c2ccc(CCNC(C)=O)cc2)=CC=C1C(=O)O. The molecular formula is C23H31N3O6S. The monoisotopic (exact) mass is 477 g/mol. The topological polar surface area (TPSA) is 133 Å². The van der Waals surface area contributed by atoms with Gasteiger partial charge in [-0.2, -0.15) is 0 Å². The van der Waals surface area contributed by atoms with Gasteiger partial charge in [-0.3, -0.25) is 9.59 Å². The van der Waals surface area contributed by atoms with Gasteiger partial charge >= 0.3 is 5.97 Å². The summed E-state index contributed by atoms with van der Waals surface area (Å²) in [7, 11) is -4.10. The molecule has 1 aromatic rings. The Morgan fingerprint density at radius 1 is 1.09 bits per heavy atom. The summed E-state index contributed by atoms with van der Waals surface area (Å²) < 4.78 is 27.4. The minimum absolute atomic E-state index is 0.0120. The number of hydrogen-bond acceptors (Lipinski definition) is 6. The number of nitrogens with zero attached hydrogens (tertiary/aromatic N) is 1. The molecular weight excluding hydrogens is 446 g/mol. The summed E-state index contributed by atoms with van der Waals surface area (Å²) in [4.78, 5) is 36.8. The lowest BCUT2D eigenvalue weighted by molar-refractivity contribution is -0.134. The van der Waals surface area contributed by atoms with Crippen molar-refractivity contribution >= 4 is 27.8 Å². The van der Waals surface area contributed by atoms with E-state index in [1.807, 2.05) is 13.8 Å². The molecule has 0 radical (unpaired) electrons. The molecule has 0 aromatic heterocycles. The molecule has 0 aliphatic carbocycles. The number of carboxylic acids is 1. The van der Waals surface area contributed by atoms with Crippen LogP contribution in [0.1, 0.15) is 39.2 Å². The van der Waals surface area contributed by atoms with Gasteiger partial charge in [-0.25, -0.2) is 17.9 Å². The van der Waals surface area contributed by atoms with Crippen LogP contribution < -0.4 is 10.0 Å². The molecule has 0 atom stereocenters. The molecule has 0 fully saturated rings. The minimum Gasteiger partial charge on any atom is -0.477 e. The van der Waals surface area contributed by atoms with Crippen LogP contribution in [0.2, 0.25) is 0 Å².